The SMILES string of the molecule is Cc1ccc(-c2c(CNC(=O)OC(C)(C)C)c(CC(C)C)nc3ccc(CSCC(=O)O)cc23)cc1. The third kappa shape index (κ3) is 7.72. The first-order valence-electron chi connectivity index (χ1n) is 12.2. The number of aryl methyl sites for hydroxylation is 1. The summed E-state index contributed by atoms with van der Waals surface area (Å²) < 4.78 is 5.49. The molecule has 1 aromatic heterocycles. The van der Waals surface area contributed by atoms with Crippen LogP contribution in [0, 0.1) is 12.8 Å². The van der Waals surface area contributed by atoms with Gasteiger partial charge in [-0.2, -0.15) is 0 Å². The van der Waals surface area contributed by atoms with Crippen molar-refractivity contribution in [1.82, 2.24) is 10.3 Å². The average molecular weight is 509 g/mol. The van der Waals surface area contributed by atoms with Gasteiger partial charge in [0.25, 0.3) is 0 Å². The predicted octanol–water partition coefficient (Wildman–Crippen LogP) is 6.75. The van der Waals surface area contributed by atoms with Crippen molar-refractivity contribution in [3.8, 4) is 11.1 Å². The number of alkyl carbamates (subject to hydrolysis) is 1. The molecule has 192 valence electrons. The summed E-state index contributed by atoms with van der Waals surface area (Å²) >= 11 is 1.37. The van der Waals surface area contributed by atoms with Crippen LogP contribution < -0.4 is 5.32 Å². The smallest absolute Gasteiger partial charge is 0.407 e. The Hall–Kier alpha value is -3.06. The van der Waals surface area contributed by atoms with Crippen molar-refractivity contribution in [1.29, 1.82) is 0 Å². The number of amides is 1. The van der Waals surface area contributed by atoms with Gasteiger partial charge in [-0.05, 0) is 68.9 Å². The van der Waals surface area contributed by atoms with E-state index in [4.69, 9.17) is 14.8 Å². The Kier molecular flexibility index (Phi) is 9.01. The Morgan fingerprint density at radius 1 is 1.11 bits per heavy atom. The van der Waals surface area contributed by atoms with E-state index < -0.39 is 17.7 Å². The molecule has 0 unspecified atom stereocenters. The van der Waals surface area contributed by atoms with Crippen LogP contribution in [0.15, 0.2) is 42.5 Å². The lowest BCUT2D eigenvalue weighted by molar-refractivity contribution is -0.133. The number of nitrogens with one attached hydrogen (secondary N) is 1. The number of pyridine rings is 1. The maximum absolute atomic E-state index is 12.5. The van der Waals surface area contributed by atoms with E-state index in [0.717, 1.165) is 45.3 Å². The number of carbonyl (C=O) groups excluding carboxylic acids is 1. The van der Waals surface area contributed by atoms with E-state index in [2.05, 4.69) is 56.4 Å². The number of carboxylic acid groups (broad SMARTS) is 1. The van der Waals surface area contributed by atoms with E-state index in [1.807, 2.05) is 32.9 Å². The topological polar surface area (TPSA) is 88.5 Å². The highest BCUT2D eigenvalue weighted by atomic mass is 32.2. The van der Waals surface area contributed by atoms with Gasteiger partial charge in [0.15, 0.2) is 0 Å². The molecule has 0 aliphatic rings. The number of aliphatic carboxylic acids is 1. The number of fused-ring (bicyclic) bond motifs is 1. The number of aromatic nitrogens is 1. The van der Waals surface area contributed by atoms with Gasteiger partial charge in [0.1, 0.15) is 5.60 Å². The van der Waals surface area contributed by atoms with Crippen LogP contribution in [0.1, 0.15) is 57.0 Å². The molecule has 36 heavy (non-hydrogen) atoms. The number of benzene rings is 2. The molecule has 3 aromatic rings. The molecular weight excluding hydrogens is 472 g/mol. The molecule has 0 saturated carbocycles. The van der Waals surface area contributed by atoms with Crippen molar-refractivity contribution in [3.05, 3.63) is 64.8 Å². The number of hydrogen-bond donors (Lipinski definition) is 2. The number of carbonyl (C=O) groups is 2. The number of hydrogen-bond acceptors (Lipinski definition) is 5. The van der Waals surface area contributed by atoms with Gasteiger partial charge in [-0.15, -0.1) is 11.8 Å². The van der Waals surface area contributed by atoms with E-state index in [-0.39, 0.29) is 5.75 Å². The lowest BCUT2D eigenvalue weighted by atomic mass is 9.90. The van der Waals surface area contributed by atoms with E-state index in [1.165, 1.54) is 17.3 Å². The van der Waals surface area contributed by atoms with Crippen LogP contribution in [-0.4, -0.2) is 33.5 Å². The van der Waals surface area contributed by atoms with Crippen LogP contribution >= 0.6 is 11.8 Å². The molecule has 3 rings (SSSR count). The molecule has 0 aliphatic carbocycles. The normalized spacial score (nSPS) is 11.6. The Morgan fingerprint density at radius 2 is 1.81 bits per heavy atom. The fourth-order valence-electron chi connectivity index (χ4n) is 4.02. The molecular formula is C29H36N2O4S. The van der Waals surface area contributed by atoms with Gasteiger partial charge < -0.3 is 15.2 Å². The van der Waals surface area contributed by atoms with Crippen LogP contribution in [0.5, 0.6) is 0 Å². The zero-order chi connectivity index (χ0) is 26.5. The van der Waals surface area contributed by atoms with Crippen LogP contribution in [0.25, 0.3) is 22.0 Å². The molecule has 2 N–H and O–H groups in total. The molecule has 0 bridgehead atoms. The molecule has 6 nitrogen and oxygen atoms in total. The molecule has 7 heteroatoms. The molecule has 0 radical (unpaired) electrons. The molecule has 1 heterocycles. The third-order valence-electron chi connectivity index (χ3n) is 5.48. The second-order valence-corrected chi connectivity index (χ2v) is 11.5. The minimum absolute atomic E-state index is 0.0551. The number of carboxylic acids is 1. The highest BCUT2D eigenvalue weighted by Gasteiger charge is 2.21. The second-order valence-electron chi connectivity index (χ2n) is 10.5. The summed E-state index contributed by atoms with van der Waals surface area (Å²) in [5.41, 5.74) is 6.51. The van der Waals surface area contributed by atoms with Gasteiger partial charge in [0.05, 0.1) is 11.3 Å². The van der Waals surface area contributed by atoms with E-state index >= 15 is 0 Å². The van der Waals surface area contributed by atoms with Gasteiger partial charge in [-0.3, -0.25) is 9.78 Å². The van der Waals surface area contributed by atoms with Crippen LogP contribution in [0.2, 0.25) is 0 Å². The third-order valence-corrected chi connectivity index (χ3v) is 6.47. The summed E-state index contributed by atoms with van der Waals surface area (Å²) in [7, 11) is 0. The molecule has 0 fully saturated rings. The molecule has 0 aliphatic heterocycles. The summed E-state index contributed by atoms with van der Waals surface area (Å²) in [6.45, 7) is 12.2. The van der Waals surface area contributed by atoms with Crippen molar-refractivity contribution in [3.63, 3.8) is 0 Å². The van der Waals surface area contributed by atoms with Crippen molar-refractivity contribution in [2.45, 2.75) is 65.9 Å². The summed E-state index contributed by atoms with van der Waals surface area (Å²) in [5, 5.41) is 12.9. The van der Waals surface area contributed by atoms with Gasteiger partial charge in [-0.25, -0.2) is 4.79 Å². The predicted molar refractivity (Wildman–Crippen MR) is 147 cm³/mol. The highest BCUT2D eigenvalue weighted by Crippen LogP contribution is 2.35. The van der Waals surface area contributed by atoms with Gasteiger partial charge >= 0.3 is 12.1 Å². The standard InChI is InChI=1S/C29H36N2O4S/c1-18(2)13-25-23(15-30-28(34)35-29(4,5)6)27(21-10-7-19(3)8-11-21)22-14-20(9-12-24(22)31-25)16-36-17-26(32)33/h7-12,14,18H,13,15-17H2,1-6H3,(H,30,34)(H,32,33). The summed E-state index contributed by atoms with van der Waals surface area (Å²) in [5.74, 6) is 0.207. The number of thioether (sulfide) groups is 1. The van der Waals surface area contributed by atoms with E-state index in [0.29, 0.717) is 18.2 Å². The lowest BCUT2D eigenvalue weighted by Gasteiger charge is -2.22. The van der Waals surface area contributed by atoms with Gasteiger partial charge in [-0.1, -0.05) is 49.7 Å². The average Bonchev–Trinajstić information content (AvgIpc) is 2.76. The van der Waals surface area contributed by atoms with Crippen molar-refractivity contribution in [2.75, 3.05) is 5.75 Å². The van der Waals surface area contributed by atoms with Crippen LogP contribution in [0.3, 0.4) is 0 Å². The first kappa shape index (κ1) is 27.5. The maximum atomic E-state index is 12.5. The highest BCUT2D eigenvalue weighted by molar-refractivity contribution is 7.99. The molecule has 0 saturated heterocycles. The summed E-state index contributed by atoms with van der Waals surface area (Å²) in [4.78, 5) is 28.5. The van der Waals surface area contributed by atoms with Crippen molar-refractivity contribution in [2.24, 2.45) is 5.92 Å². The summed E-state index contributed by atoms with van der Waals surface area (Å²) in [6.07, 6.45) is 0.308. The van der Waals surface area contributed by atoms with Gasteiger partial charge in [0, 0.05) is 28.9 Å². The zero-order valence-corrected chi connectivity index (χ0v) is 22.8. The fourth-order valence-corrected chi connectivity index (χ4v) is 4.71. The van der Waals surface area contributed by atoms with E-state index in [9.17, 15) is 9.59 Å². The van der Waals surface area contributed by atoms with Crippen LogP contribution in [0.4, 0.5) is 4.79 Å². The minimum atomic E-state index is -0.823. The molecule has 1 amide bonds. The Bertz CT molecular complexity index is 1230. The first-order valence-corrected chi connectivity index (χ1v) is 13.4. The monoisotopic (exact) mass is 508 g/mol. The number of ether oxygens (including phenoxy) is 1. The zero-order valence-electron chi connectivity index (χ0n) is 22.0. The lowest BCUT2D eigenvalue weighted by Crippen LogP contribution is -2.32. The Balaban J connectivity index is 2.16. The minimum Gasteiger partial charge on any atom is -0.481 e. The van der Waals surface area contributed by atoms with Crippen molar-refractivity contribution < 1.29 is 19.4 Å². The Morgan fingerprint density at radius 3 is 2.42 bits per heavy atom. The molecule has 0 atom stereocenters. The number of nitrogens with zero attached hydrogens (tertiary/aromatic N) is 1. The van der Waals surface area contributed by atoms with Crippen LogP contribution in [-0.2, 0) is 28.2 Å². The largest absolute Gasteiger partial charge is 0.481 e. The maximum Gasteiger partial charge on any atom is 0.407 e. The van der Waals surface area contributed by atoms with Crippen molar-refractivity contribution >= 4 is 34.7 Å². The molecule has 0 spiro atoms. The summed E-state index contributed by atoms with van der Waals surface area (Å²) in [6, 6.07) is 14.5. The van der Waals surface area contributed by atoms with E-state index in [1.54, 1.807) is 0 Å². The first-order chi connectivity index (χ1) is 16.9. The number of rotatable bonds is 9. The second kappa shape index (κ2) is 11.8. The molecule has 2 aromatic carbocycles. The fraction of sp³-hybridized carbons (Fsp3) is 0.414. The Labute approximate surface area is 217 Å². The quantitative estimate of drug-likeness (QED) is 0.332. The van der Waals surface area contributed by atoms with Gasteiger partial charge in [0.2, 0.25) is 0 Å².